The lowest BCUT2D eigenvalue weighted by Gasteiger charge is -2.35. The van der Waals surface area contributed by atoms with Crippen molar-refractivity contribution in [2.45, 2.75) is 19.3 Å². The standard InChI is InChI=1S/C18H22N8O3S/c1-3-9-30(27,28)26-10-12(11-26)16-20-15(24-29-16)14-21-17(19)23-18(22-14)25(2)13-7-5-4-6-8-13/h4-8,12H,3,9-11H2,1-2H3,(H2,19,21,22,23). The summed E-state index contributed by atoms with van der Waals surface area (Å²) < 4.78 is 30.9. The van der Waals surface area contributed by atoms with Crippen molar-refractivity contribution in [2.24, 2.45) is 0 Å². The molecule has 0 aliphatic carbocycles. The van der Waals surface area contributed by atoms with E-state index in [0.29, 0.717) is 31.3 Å². The van der Waals surface area contributed by atoms with Crippen molar-refractivity contribution in [3.05, 3.63) is 36.2 Å². The predicted molar refractivity (Wildman–Crippen MR) is 110 cm³/mol. The number of benzene rings is 1. The summed E-state index contributed by atoms with van der Waals surface area (Å²) in [5, 5.41) is 3.95. The number of para-hydroxylation sites is 1. The van der Waals surface area contributed by atoms with Gasteiger partial charge in [-0.2, -0.15) is 19.9 Å². The zero-order valence-corrected chi connectivity index (χ0v) is 17.4. The third-order valence-electron chi connectivity index (χ3n) is 4.78. The maximum atomic E-state index is 12.1. The molecule has 0 spiro atoms. The van der Waals surface area contributed by atoms with Gasteiger partial charge in [-0.05, 0) is 18.6 Å². The highest BCUT2D eigenvalue weighted by Gasteiger charge is 2.39. The first-order chi connectivity index (χ1) is 14.4. The molecular formula is C18H22N8O3S. The molecule has 1 aliphatic heterocycles. The summed E-state index contributed by atoms with van der Waals surface area (Å²) in [6, 6.07) is 9.57. The summed E-state index contributed by atoms with van der Waals surface area (Å²) in [5.41, 5.74) is 6.74. The molecule has 11 nitrogen and oxygen atoms in total. The second-order valence-corrected chi connectivity index (χ2v) is 9.09. The van der Waals surface area contributed by atoms with Crippen molar-refractivity contribution in [2.75, 3.05) is 36.5 Å². The van der Waals surface area contributed by atoms with Crippen LogP contribution in [0.25, 0.3) is 11.6 Å². The molecule has 0 amide bonds. The third-order valence-corrected chi connectivity index (χ3v) is 6.79. The first kappa shape index (κ1) is 20.2. The minimum Gasteiger partial charge on any atom is -0.368 e. The van der Waals surface area contributed by atoms with E-state index in [-0.39, 0.29) is 29.3 Å². The van der Waals surface area contributed by atoms with Crippen molar-refractivity contribution in [3.63, 3.8) is 0 Å². The van der Waals surface area contributed by atoms with Gasteiger partial charge in [0.05, 0.1) is 11.7 Å². The summed E-state index contributed by atoms with van der Waals surface area (Å²) in [4.78, 5) is 18.8. The minimum absolute atomic E-state index is 0.0320. The van der Waals surface area contributed by atoms with Crippen LogP contribution in [-0.4, -0.2) is 63.7 Å². The van der Waals surface area contributed by atoms with Crippen LogP contribution < -0.4 is 10.6 Å². The first-order valence-electron chi connectivity index (χ1n) is 9.49. The molecule has 0 radical (unpaired) electrons. The van der Waals surface area contributed by atoms with Crippen LogP contribution >= 0.6 is 0 Å². The largest absolute Gasteiger partial charge is 0.368 e. The number of nitrogens with zero attached hydrogens (tertiary/aromatic N) is 7. The quantitative estimate of drug-likeness (QED) is 0.584. The molecule has 158 valence electrons. The van der Waals surface area contributed by atoms with Gasteiger partial charge in [0.1, 0.15) is 0 Å². The molecule has 0 unspecified atom stereocenters. The van der Waals surface area contributed by atoms with Gasteiger partial charge >= 0.3 is 0 Å². The normalized spacial score (nSPS) is 15.1. The number of hydrogen-bond donors (Lipinski definition) is 1. The van der Waals surface area contributed by atoms with Crippen LogP contribution in [0.4, 0.5) is 17.6 Å². The molecule has 1 aromatic carbocycles. The summed E-state index contributed by atoms with van der Waals surface area (Å²) >= 11 is 0. The monoisotopic (exact) mass is 430 g/mol. The molecule has 0 atom stereocenters. The van der Waals surface area contributed by atoms with E-state index in [4.69, 9.17) is 10.3 Å². The smallest absolute Gasteiger partial charge is 0.240 e. The molecule has 2 aromatic heterocycles. The molecule has 2 N–H and O–H groups in total. The van der Waals surface area contributed by atoms with E-state index in [1.165, 1.54) is 4.31 Å². The van der Waals surface area contributed by atoms with Crippen molar-refractivity contribution < 1.29 is 12.9 Å². The molecule has 1 saturated heterocycles. The van der Waals surface area contributed by atoms with Gasteiger partial charge in [0, 0.05) is 25.8 Å². The van der Waals surface area contributed by atoms with Crippen LogP contribution in [0.3, 0.4) is 0 Å². The molecule has 0 bridgehead atoms. The second kappa shape index (κ2) is 7.95. The van der Waals surface area contributed by atoms with E-state index in [9.17, 15) is 8.42 Å². The van der Waals surface area contributed by atoms with E-state index < -0.39 is 10.0 Å². The van der Waals surface area contributed by atoms with E-state index in [2.05, 4.69) is 25.1 Å². The van der Waals surface area contributed by atoms with Gasteiger partial charge in [-0.15, -0.1) is 0 Å². The average Bonchev–Trinajstić information content (AvgIpc) is 3.16. The summed E-state index contributed by atoms with van der Waals surface area (Å²) in [5.74, 6) is 1.08. The Hall–Kier alpha value is -3.12. The zero-order chi connectivity index (χ0) is 21.3. The number of rotatable bonds is 7. The number of hydrogen-bond acceptors (Lipinski definition) is 10. The molecule has 30 heavy (non-hydrogen) atoms. The van der Waals surface area contributed by atoms with Gasteiger partial charge in [0.15, 0.2) is 0 Å². The molecule has 3 aromatic rings. The maximum Gasteiger partial charge on any atom is 0.240 e. The average molecular weight is 430 g/mol. The Balaban J connectivity index is 1.52. The summed E-state index contributed by atoms with van der Waals surface area (Å²) in [6.45, 7) is 2.49. The van der Waals surface area contributed by atoms with Crippen molar-refractivity contribution in [1.82, 2.24) is 29.4 Å². The van der Waals surface area contributed by atoms with Crippen LogP contribution in [0.2, 0.25) is 0 Å². The Kier molecular flexibility index (Phi) is 5.35. The van der Waals surface area contributed by atoms with Crippen LogP contribution in [0.1, 0.15) is 25.2 Å². The van der Waals surface area contributed by atoms with Crippen molar-refractivity contribution >= 4 is 27.6 Å². The minimum atomic E-state index is -3.22. The van der Waals surface area contributed by atoms with Crippen LogP contribution in [0.5, 0.6) is 0 Å². The highest BCUT2D eigenvalue weighted by molar-refractivity contribution is 7.89. The molecule has 12 heteroatoms. The summed E-state index contributed by atoms with van der Waals surface area (Å²) in [7, 11) is -1.40. The number of aromatic nitrogens is 5. The highest BCUT2D eigenvalue weighted by Crippen LogP contribution is 2.30. The Morgan fingerprint density at radius 3 is 2.57 bits per heavy atom. The van der Waals surface area contributed by atoms with E-state index in [1.54, 1.807) is 4.90 Å². The second-order valence-electron chi connectivity index (χ2n) is 7.00. The molecule has 1 aliphatic rings. The van der Waals surface area contributed by atoms with Crippen LogP contribution in [0.15, 0.2) is 34.9 Å². The zero-order valence-electron chi connectivity index (χ0n) is 16.6. The number of sulfonamides is 1. The van der Waals surface area contributed by atoms with Crippen molar-refractivity contribution in [3.8, 4) is 11.6 Å². The van der Waals surface area contributed by atoms with Gasteiger partial charge in [-0.1, -0.05) is 30.3 Å². The number of nitrogen functional groups attached to an aromatic ring is 1. The third kappa shape index (κ3) is 3.96. The lowest BCUT2D eigenvalue weighted by molar-refractivity contribution is 0.217. The molecule has 0 saturated carbocycles. The van der Waals surface area contributed by atoms with Crippen molar-refractivity contribution in [1.29, 1.82) is 0 Å². The molecular weight excluding hydrogens is 408 g/mol. The van der Waals surface area contributed by atoms with Crippen LogP contribution in [-0.2, 0) is 10.0 Å². The first-order valence-corrected chi connectivity index (χ1v) is 11.1. The molecule has 4 rings (SSSR count). The highest BCUT2D eigenvalue weighted by atomic mass is 32.2. The Labute approximate surface area is 174 Å². The fourth-order valence-electron chi connectivity index (χ4n) is 3.10. The Morgan fingerprint density at radius 1 is 1.13 bits per heavy atom. The fourth-order valence-corrected chi connectivity index (χ4v) is 4.69. The number of nitrogens with two attached hydrogens (primary N) is 1. The SMILES string of the molecule is CCCS(=O)(=O)N1CC(c2nc(-c3nc(N)nc(N(C)c4ccccc4)n3)no2)C1. The van der Waals surface area contributed by atoms with Crippen LogP contribution in [0, 0.1) is 0 Å². The Bertz CT molecular complexity index is 1130. The Morgan fingerprint density at radius 2 is 1.87 bits per heavy atom. The van der Waals surface area contributed by atoms with Gasteiger partial charge in [-0.25, -0.2) is 12.7 Å². The van der Waals surface area contributed by atoms with Gasteiger partial charge in [-0.3, -0.25) is 0 Å². The van der Waals surface area contributed by atoms with E-state index in [0.717, 1.165) is 5.69 Å². The summed E-state index contributed by atoms with van der Waals surface area (Å²) in [6.07, 6.45) is 0.578. The molecule has 3 heterocycles. The van der Waals surface area contributed by atoms with Gasteiger partial charge in [0.2, 0.25) is 39.5 Å². The fraction of sp³-hybridized carbons (Fsp3) is 0.389. The maximum absolute atomic E-state index is 12.1. The van der Waals surface area contributed by atoms with E-state index >= 15 is 0 Å². The topological polar surface area (TPSA) is 144 Å². The van der Waals surface area contributed by atoms with E-state index in [1.807, 2.05) is 44.3 Å². The number of anilines is 3. The van der Waals surface area contributed by atoms with Gasteiger partial charge in [0.25, 0.3) is 0 Å². The lowest BCUT2D eigenvalue weighted by atomic mass is 10.0. The lowest BCUT2D eigenvalue weighted by Crippen LogP contribution is -2.49. The van der Waals surface area contributed by atoms with Gasteiger partial charge < -0.3 is 15.2 Å². The predicted octanol–water partition coefficient (Wildman–Crippen LogP) is 1.41. The molecule has 1 fully saturated rings.